The molecule has 0 spiro atoms. The zero-order valence-corrected chi connectivity index (χ0v) is 13.1. The summed E-state index contributed by atoms with van der Waals surface area (Å²) in [5, 5.41) is 15.4. The average Bonchev–Trinajstić information content (AvgIpc) is 2.39. The van der Waals surface area contributed by atoms with Crippen molar-refractivity contribution >= 4 is 29.2 Å². The first-order valence-electron chi connectivity index (χ1n) is 6.57. The molecular weight excluding hydrogens is 299 g/mol. The fourth-order valence-corrected chi connectivity index (χ4v) is 2.10. The number of amides is 2. The number of nitrogens with one attached hydrogen (secondary N) is 2. The Kier molecular flexibility index (Phi) is 7.13. The Hall–Kier alpha value is -0.970. The predicted octanol–water partition coefficient (Wildman–Crippen LogP) is 3.51. The van der Waals surface area contributed by atoms with Gasteiger partial charge in [-0.25, -0.2) is 4.79 Å². The summed E-state index contributed by atoms with van der Waals surface area (Å²) in [6.45, 7) is 3.91. The van der Waals surface area contributed by atoms with Crippen molar-refractivity contribution in [2.75, 3.05) is 6.61 Å². The van der Waals surface area contributed by atoms with Crippen LogP contribution in [-0.4, -0.2) is 23.8 Å². The molecule has 1 aromatic carbocycles. The molecule has 0 fully saturated rings. The Balaban J connectivity index is 2.50. The number of hydrogen-bond donors (Lipinski definition) is 3. The third kappa shape index (κ3) is 5.57. The first kappa shape index (κ1) is 17.1. The van der Waals surface area contributed by atoms with Gasteiger partial charge >= 0.3 is 6.03 Å². The Bertz CT molecular complexity index is 455. The van der Waals surface area contributed by atoms with Gasteiger partial charge in [-0.3, -0.25) is 0 Å². The zero-order valence-electron chi connectivity index (χ0n) is 11.6. The number of halogens is 2. The number of benzene rings is 1. The van der Waals surface area contributed by atoms with Crippen molar-refractivity contribution in [1.29, 1.82) is 0 Å². The van der Waals surface area contributed by atoms with E-state index in [0.29, 0.717) is 16.5 Å². The highest BCUT2D eigenvalue weighted by molar-refractivity contribution is 6.42. The molecule has 0 saturated heterocycles. The monoisotopic (exact) mass is 318 g/mol. The average molecular weight is 319 g/mol. The van der Waals surface area contributed by atoms with Crippen LogP contribution >= 0.6 is 23.2 Å². The molecular formula is C14H20Cl2N2O2. The molecule has 0 saturated carbocycles. The van der Waals surface area contributed by atoms with Gasteiger partial charge < -0.3 is 15.7 Å². The first-order valence-corrected chi connectivity index (χ1v) is 7.32. The summed E-state index contributed by atoms with van der Waals surface area (Å²) in [5.74, 6) is 0. The molecule has 0 bridgehead atoms. The van der Waals surface area contributed by atoms with Gasteiger partial charge in [-0.2, -0.15) is 0 Å². The van der Waals surface area contributed by atoms with Gasteiger partial charge in [-0.15, -0.1) is 0 Å². The Morgan fingerprint density at radius 3 is 2.55 bits per heavy atom. The molecule has 0 aliphatic heterocycles. The molecule has 2 atom stereocenters. The van der Waals surface area contributed by atoms with Crippen LogP contribution in [0.25, 0.3) is 0 Å². The highest BCUT2D eigenvalue weighted by Crippen LogP contribution is 2.25. The minimum absolute atomic E-state index is 0.0168. The largest absolute Gasteiger partial charge is 0.396 e. The van der Waals surface area contributed by atoms with E-state index in [1.54, 1.807) is 12.1 Å². The molecule has 6 heteroatoms. The van der Waals surface area contributed by atoms with Crippen LogP contribution in [0.15, 0.2) is 18.2 Å². The van der Waals surface area contributed by atoms with E-state index < -0.39 is 0 Å². The number of carbonyl (C=O) groups is 1. The third-order valence-electron chi connectivity index (χ3n) is 2.96. The number of hydrogen-bond acceptors (Lipinski definition) is 2. The van der Waals surface area contributed by atoms with Crippen LogP contribution in [0, 0.1) is 0 Å². The van der Waals surface area contributed by atoms with E-state index in [2.05, 4.69) is 10.6 Å². The molecule has 3 N–H and O–H groups in total. The van der Waals surface area contributed by atoms with Crippen LogP contribution < -0.4 is 10.6 Å². The first-order chi connectivity index (χ1) is 9.43. The lowest BCUT2D eigenvalue weighted by molar-refractivity contribution is 0.231. The quantitative estimate of drug-likeness (QED) is 0.751. The lowest BCUT2D eigenvalue weighted by Gasteiger charge is -2.18. The maximum atomic E-state index is 11.8. The van der Waals surface area contributed by atoms with Crippen LogP contribution in [-0.2, 0) is 0 Å². The fraction of sp³-hybridized carbons (Fsp3) is 0.500. The lowest BCUT2D eigenvalue weighted by atomic mass is 10.1. The molecule has 1 aromatic rings. The van der Waals surface area contributed by atoms with E-state index in [1.807, 2.05) is 19.9 Å². The molecule has 0 aromatic heterocycles. The fourth-order valence-electron chi connectivity index (χ4n) is 1.80. The zero-order chi connectivity index (χ0) is 15.1. The highest BCUT2D eigenvalue weighted by atomic mass is 35.5. The second-order valence-electron chi connectivity index (χ2n) is 4.78. The van der Waals surface area contributed by atoms with Crippen LogP contribution in [0.1, 0.15) is 38.3 Å². The Morgan fingerprint density at radius 1 is 1.25 bits per heavy atom. The van der Waals surface area contributed by atoms with Gasteiger partial charge in [0.25, 0.3) is 0 Å². The van der Waals surface area contributed by atoms with Crippen LogP contribution in [0.3, 0.4) is 0 Å². The van der Waals surface area contributed by atoms with Crippen molar-refractivity contribution in [3.05, 3.63) is 33.8 Å². The number of rotatable bonds is 6. The second-order valence-corrected chi connectivity index (χ2v) is 5.59. The van der Waals surface area contributed by atoms with Crippen molar-refractivity contribution < 1.29 is 9.90 Å². The van der Waals surface area contributed by atoms with Gasteiger partial charge in [-0.05, 0) is 44.4 Å². The van der Waals surface area contributed by atoms with E-state index in [9.17, 15) is 4.79 Å². The van der Waals surface area contributed by atoms with Gasteiger partial charge in [-0.1, -0.05) is 29.3 Å². The van der Waals surface area contributed by atoms with Crippen molar-refractivity contribution in [1.82, 2.24) is 10.6 Å². The van der Waals surface area contributed by atoms with Gasteiger partial charge in [0, 0.05) is 12.6 Å². The van der Waals surface area contributed by atoms with Gasteiger partial charge in [0.15, 0.2) is 0 Å². The van der Waals surface area contributed by atoms with Crippen LogP contribution in [0.2, 0.25) is 10.0 Å². The predicted molar refractivity (Wildman–Crippen MR) is 82.3 cm³/mol. The van der Waals surface area contributed by atoms with Gasteiger partial charge in [0.2, 0.25) is 0 Å². The topological polar surface area (TPSA) is 61.4 Å². The van der Waals surface area contributed by atoms with Crippen molar-refractivity contribution in [3.63, 3.8) is 0 Å². The molecule has 2 unspecified atom stereocenters. The molecule has 2 amide bonds. The molecule has 0 aliphatic carbocycles. The standard InChI is InChI=1S/C14H20Cl2N2O2/c1-9(4-3-7-19)17-14(20)18-10(2)11-5-6-12(15)13(16)8-11/h5-6,8-10,19H,3-4,7H2,1-2H3,(H2,17,18,20). The maximum absolute atomic E-state index is 11.8. The minimum atomic E-state index is -0.242. The number of carbonyl (C=O) groups excluding carboxylic acids is 1. The molecule has 0 aliphatic rings. The second kappa shape index (κ2) is 8.35. The third-order valence-corrected chi connectivity index (χ3v) is 3.70. The minimum Gasteiger partial charge on any atom is -0.396 e. The molecule has 4 nitrogen and oxygen atoms in total. The van der Waals surface area contributed by atoms with E-state index in [4.69, 9.17) is 28.3 Å². The smallest absolute Gasteiger partial charge is 0.315 e. The molecule has 20 heavy (non-hydrogen) atoms. The molecule has 1 rings (SSSR count). The Morgan fingerprint density at radius 2 is 1.95 bits per heavy atom. The highest BCUT2D eigenvalue weighted by Gasteiger charge is 2.12. The summed E-state index contributed by atoms with van der Waals surface area (Å²) in [6, 6.07) is 4.88. The normalized spacial score (nSPS) is 13.7. The van der Waals surface area contributed by atoms with E-state index in [0.717, 1.165) is 12.0 Å². The number of urea groups is 1. The molecule has 0 heterocycles. The number of aliphatic hydroxyl groups is 1. The summed E-state index contributed by atoms with van der Waals surface area (Å²) in [6.07, 6.45) is 1.41. The molecule has 112 valence electrons. The lowest BCUT2D eigenvalue weighted by Crippen LogP contribution is -2.41. The van der Waals surface area contributed by atoms with Crippen LogP contribution in [0.4, 0.5) is 4.79 Å². The molecule has 0 radical (unpaired) electrons. The van der Waals surface area contributed by atoms with Crippen molar-refractivity contribution in [2.45, 2.75) is 38.8 Å². The van der Waals surface area contributed by atoms with Crippen LogP contribution in [0.5, 0.6) is 0 Å². The van der Waals surface area contributed by atoms with E-state index in [-0.39, 0.29) is 24.7 Å². The van der Waals surface area contributed by atoms with Gasteiger partial charge in [0.1, 0.15) is 0 Å². The van der Waals surface area contributed by atoms with Crippen molar-refractivity contribution in [3.8, 4) is 0 Å². The van der Waals surface area contributed by atoms with E-state index >= 15 is 0 Å². The van der Waals surface area contributed by atoms with Crippen molar-refractivity contribution in [2.24, 2.45) is 0 Å². The van der Waals surface area contributed by atoms with E-state index in [1.165, 1.54) is 0 Å². The maximum Gasteiger partial charge on any atom is 0.315 e. The SMILES string of the molecule is CC(CCCO)NC(=O)NC(C)c1ccc(Cl)c(Cl)c1. The Labute approximate surface area is 129 Å². The summed E-state index contributed by atoms with van der Waals surface area (Å²) in [7, 11) is 0. The summed E-state index contributed by atoms with van der Waals surface area (Å²) < 4.78 is 0. The van der Waals surface area contributed by atoms with Gasteiger partial charge in [0.05, 0.1) is 16.1 Å². The summed E-state index contributed by atoms with van der Waals surface area (Å²) >= 11 is 11.8. The summed E-state index contributed by atoms with van der Waals surface area (Å²) in [5.41, 5.74) is 0.887. The summed E-state index contributed by atoms with van der Waals surface area (Å²) in [4.78, 5) is 11.8. The number of aliphatic hydroxyl groups excluding tert-OH is 1.